The minimum absolute atomic E-state index is 0.173. The van der Waals surface area contributed by atoms with Gasteiger partial charge >= 0.3 is 0 Å². The fourth-order valence-corrected chi connectivity index (χ4v) is 5.14. The molecule has 4 nitrogen and oxygen atoms in total. The fraction of sp³-hybridized carbons (Fsp3) is 0.417. The van der Waals surface area contributed by atoms with Gasteiger partial charge in [0.15, 0.2) is 11.5 Å². The van der Waals surface area contributed by atoms with Crippen molar-refractivity contribution in [3.8, 4) is 11.5 Å². The van der Waals surface area contributed by atoms with Crippen molar-refractivity contribution in [3.63, 3.8) is 0 Å². The van der Waals surface area contributed by atoms with Crippen LogP contribution in [0.3, 0.4) is 0 Å². The summed E-state index contributed by atoms with van der Waals surface area (Å²) in [6, 6.07) is 12.9. The molecule has 0 radical (unpaired) electrons. The molecule has 2 aromatic carbocycles. The van der Waals surface area contributed by atoms with Crippen molar-refractivity contribution in [1.82, 2.24) is 4.90 Å². The SMILES string of the molecule is COc1cc2c(cc1OC)CN(CCC(C)(N)CCc1csc3ccccc13)C2. The molecular weight excluding hydrogens is 380 g/mol. The van der Waals surface area contributed by atoms with Crippen molar-refractivity contribution in [1.29, 1.82) is 0 Å². The van der Waals surface area contributed by atoms with Gasteiger partial charge in [0.2, 0.25) is 0 Å². The van der Waals surface area contributed by atoms with E-state index in [2.05, 4.69) is 53.6 Å². The second-order valence-corrected chi connectivity index (χ2v) is 9.26. The maximum atomic E-state index is 6.69. The number of nitrogens with two attached hydrogens (primary N) is 1. The molecule has 2 N–H and O–H groups in total. The number of nitrogens with zero attached hydrogens (tertiary/aromatic N) is 1. The van der Waals surface area contributed by atoms with Gasteiger partial charge in [-0.2, -0.15) is 0 Å². The number of aryl methyl sites for hydroxylation is 1. The third kappa shape index (κ3) is 4.42. The zero-order valence-corrected chi connectivity index (χ0v) is 18.3. The minimum Gasteiger partial charge on any atom is -0.493 e. The zero-order valence-electron chi connectivity index (χ0n) is 17.5. The Balaban J connectivity index is 1.33. The van der Waals surface area contributed by atoms with Crippen molar-refractivity contribution in [2.45, 2.75) is 44.8 Å². The lowest BCUT2D eigenvalue weighted by Gasteiger charge is -2.27. The summed E-state index contributed by atoms with van der Waals surface area (Å²) in [7, 11) is 3.38. The summed E-state index contributed by atoms with van der Waals surface area (Å²) in [6.07, 6.45) is 3.01. The van der Waals surface area contributed by atoms with Gasteiger partial charge in [0, 0.05) is 29.9 Å². The lowest BCUT2D eigenvalue weighted by molar-refractivity contribution is 0.244. The summed E-state index contributed by atoms with van der Waals surface area (Å²) < 4.78 is 12.3. The number of hydrogen-bond acceptors (Lipinski definition) is 5. The van der Waals surface area contributed by atoms with Crippen LogP contribution in [0.5, 0.6) is 11.5 Å². The number of methoxy groups -OCH3 is 2. The highest BCUT2D eigenvalue weighted by molar-refractivity contribution is 7.17. The van der Waals surface area contributed by atoms with Gasteiger partial charge in [-0.3, -0.25) is 4.90 Å². The minimum atomic E-state index is -0.173. The van der Waals surface area contributed by atoms with Gasteiger partial charge in [0.1, 0.15) is 0 Å². The Kier molecular flexibility index (Phi) is 5.81. The second kappa shape index (κ2) is 8.34. The fourth-order valence-electron chi connectivity index (χ4n) is 4.14. The van der Waals surface area contributed by atoms with Gasteiger partial charge in [0.25, 0.3) is 0 Å². The monoisotopic (exact) mass is 410 g/mol. The first-order valence-electron chi connectivity index (χ1n) is 10.2. The Labute approximate surface area is 177 Å². The van der Waals surface area contributed by atoms with E-state index in [0.717, 1.165) is 50.4 Å². The Morgan fingerprint density at radius 1 is 1.03 bits per heavy atom. The summed E-state index contributed by atoms with van der Waals surface area (Å²) in [6.45, 7) is 5.08. The summed E-state index contributed by atoms with van der Waals surface area (Å²) in [4.78, 5) is 2.47. The molecule has 2 heterocycles. The lowest BCUT2D eigenvalue weighted by atomic mass is 9.91. The number of rotatable bonds is 8. The second-order valence-electron chi connectivity index (χ2n) is 8.35. The molecular formula is C24H30N2O2S. The number of benzene rings is 2. The van der Waals surface area contributed by atoms with Crippen LogP contribution >= 0.6 is 11.3 Å². The maximum Gasteiger partial charge on any atom is 0.161 e. The molecule has 29 heavy (non-hydrogen) atoms. The lowest BCUT2D eigenvalue weighted by Crippen LogP contribution is -2.39. The van der Waals surface area contributed by atoms with Crippen LogP contribution in [0.1, 0.15) is 36.5 Å². The van der Waals surface area contributed by atoms with Crippen LogP contribution in [0.25, 0.3) is 10.1 Å². The molecule has 3 aromatic rings. The standard InChI is InChI=1S/C24H30N2O2S/c1-24(25,9-8-17-16-29-23-7-5-4-6-20(17)23)10-11-26-14-18-12-21(27-2)22(28-3)13-19(18)15-26/h4-7,12-13,16H,8-11,14-15,25H2,1-3H3. The summed E-state index contributed by atoms with van der Waals surface area (Å²) in [5.41, 5.74) is 10.6. The highest BCUT2D eigenvalue weighted by atomic mass is 32.1. The van der Waals surface area contributed by atoms with E-state index in [4.69, 9.17) is 15.2 Å². The molecule has 1 atom stereocenters. The zero-order chi connectivity index (χ0) is 20.4. The van der Waals surface area contributed by atoms with E-state index < -0.39 is 0 Å². The van der Waals surface area contributed by atoms with Crippen molar-refractivity contribution >= 4 is 21.4 Å². The molecule has 1 aromatic heterocycles. The van der Waals surface area contributed by atoms with Gasteiger partial charge < -0.3 is 15.2 Å². The molecule has 1 aliphatic rings. The van der Waals surface area contributed by atoms with Gasteiger partial charge in [-0.1, -0.05) is 18.2 Å². The van der Waals surface area contributed by atoms with Gasteiger partial charge in [-0.15, -0.1) is 11.3 Å². The maximum absolute atomic E-state index is 6.69. The smallest absolute Gasteiger partial charge is 0.161 e. The van der Waals surface area contributed by atoms with Gasteiger partial charge in [0.05, 0.1) is 14.2 Å². The van der Waals surface area contributed by atoms with E-state index >= 15 is 0 Å². The van der Waals surface area contributed by atoms with Gasteiger partial charge in [-0.25, -0.2) is 0 Å². The van der Waals surface area contributed by atoms with E-state index in [1.54, 1.807) is 14.2 Å². The number of ether oxygens (including phenoxy) is 2. The van der Waals surface area contributed by atoms with E-state index in [0.29, 0.717) is 0 Å². The molecule has 1 aliphatic heterocycles. The third-order valence-corrected chi connectivity index (χ3v) is 7.03. The molecule has 0 spiro atoms. The molecule has 154 valence electrons. The Hall–Kier alpha value is -2.08. The predicted molar refractivity (Wildman–Crippen MR) is 121 cm³/mol. The molecule has 0 aliphatic carbocycles. The van der Waals surface area contributed by atoms with E-state index in [9.17, 15) is 0 Å². The van der Waals surface area contributed by atoms with Crippen molar-refractivity contribution in [2.24, 2.45) is 5.73 Å². The van der Waals surface area contributed by atoms with Crippen LogP contribution in [-0.4, -0.2) is 31.2 Å². The molecule has 0 fully saturated rings. The summed E-state index contributed by atoms with van der Waals surface area (Å²) >= 11 is 1.83. The van der Waals surface area contributed by atoms with Crippen molar-refractivity contribution < 1.29 is 9.47 Å². The first kappa shape index (κ1) is 20.2. The largest absolute Gasteiger partial charge is 0.493 e. The van der Waals surface area contributed by atoms with Gasteiger partial charge in [-0.05, 0) is 71.8 Å². The van der Waals surface area contributed by atoms with E-state index in [-0.39, 0.29) is 5.54 Å². The van der Waals surface area contributed by atoms with E-state index in [1.807, 2.05) is 11.3 Å². The topological polar surface area (TPSA) is 47.7 Å². The number of fused-ring (bicyclic) bond motifs is 2. The first-order chi connectivity index (χ1) is 14.0. The molecule has 0 saturated heterocycles. The molecule has 5 heteroatoms. The molecule has 4 rings (SSSR count). The van der Waals surface area contributed by atoms with Crippen LogP contribution in [0, 0.1) is 0 Å². The average molecular weight is 411 g/mol. The Morgan fingerprint density at radius 3 is 2.34 bits per heavy atom. The first-order valence-corrected chi connectivity index (χ1v) is 11.1. The molecule has 0 amide bonds. The van der Waals surface area contributed by atoms with Crippen LogP contribution in [-0.2, 0) is 19.5 Å². The summed E-state index contributed by atoms with van der Waals surface area (Å²) in [5.74, 6) is 1.61. The molecule has 1 unspecified atom stereocenters. The predicted octanol–water partition coefficient (Wildman–Crippen LogP) is 4.97. The highest BCUT2D eigenvalue weighted by Crippen LogP contribution is 2.35. The third-order valence-electron chi connectivity index (χ3n) is 6.02. The number of hydrogen-bond donors (Lipinski definition) is 1. The normalized spacial score (nSPS) is 16.0. The Bertz CT molecular complexity index is 963. The Morgan fingerprint density at radius 2 is 1.69 bits per heavy atom. The van der Waals surface area contributed by atoms with Crippen molar-refractivity contribution in [3.05, 3.63) is 58.5 Å². The number of thiophene rings is 1. The van der Waals surface area contributed by atoms with Crippen LogP contribution in [0.2, 0.25) is 0 Å². The highest BCUT2D eigenvalue weighted by Gasteiger charge is 2.25. The molecule has 0 bridgehead atoms. The molecule has 0 saturated carbocycles. The van der Waals surface area contributed by atoms with E-state index in [1.165, 1.54) is 26.8 Å². The quantitative estimate of drug-likeness (QED) is 0.569. The van der Waals surface area contributed by atoms with Crippen LogP contribution in [0.4, 0.5) is 0 Å². The van der Waals surface area contributed by atoms with Crippen LogP contribution < -0.4 is 15.2 Å². The van der Waals surface area contributed by atoms with Crippen molar-refractivity contribution in [2.75, 3.05) is 20.8 Å². The average Bonchev–Trinajstić information content (AvgIpc) is 3.33. The van der Waals surface area contributed by atoms with Crippen LogP contribution in [0.15, 0.2) is 41.8 Å². The summed E-state index contributed by atoms with van der Waals surface area (Å²) in [5, 5.41) is 3.67.